The van der Waals surface area contributed by atoms with Crippen molar-refractivity contribution < 1.29 is 9.53 Å². The first-order chi connectivity index (χ1) is 16.2. The lowest BCUT2D eigenvalue weighted by Crippen LogP contribution is -2.49. The van der Waals surface area contributed by atoms with E-state index in [1.807, 2.05) is 13.0 Å². The van der Waals surface area contributed by atoms with Crippen LogP contribution in [-0.4, -0.2) is 41.6 Å². The average molecular weight is 457 g/mol. The number of carbonyl (C=O) groups is 1. The average Bonchev–Trinajstić information content (AvgIpc) is 2.84. The van der Waals surface area contributed by atoms with Crippen LogP contribution in [0.25, 0.3) is 0 Å². The molecule has 1 aliphatic heterocycles. The third-order valence-electron chi connectivity index (χ3n) is 8.25. The molecule has 0 bridgehead atoms. The van der Waals surface area contributed by atoms with Crippen LogP contribution in [-0.2, 0) is 4.79 Å². The van der Waals surface area contributed by atoms with Gasteiger partial charge in [0.25, 0.3) is 0 Å². The van der Waals surface area contributed by atoms with Gasteiger partial charge in [-0.2, -0.15) is 4.98 Å². The highest BCUT2D eigenvalue weighted by Crippen LogP contribution is 2.38. The maximum Gasteiger partial charge on any atom is 0.228 e. The van der Waals surface area contributed by atoms with E-state index >= 15 is 0 Å². The van der Waals surface area contributed by atoms with Crippen molar-refractivity contribution >= 4 is 11.9 Å². The van der Waals surface area contributed by atoms with Crippen LogP contribution in [0.3, 0.4) is 0 Å². The van der Waals surface area contributed by atoms with Crippen LogP contribution >= 0.6 is 0 Å². The van der Waals surface area contributed by atoms with Gasteiger partial charge in [-0.25, -0.2) is 4.98 Å². The molecule has 33 heavy (non-hydrogen) atoms. The third kappa shape index (κ3) is 6.60. The molecule has 2 saturated carbocycles. The smallest absolute Gasteiger partial charge is 0.228 e. The first kappa shape index (κ1) is 24.3. The Bertz CT molecular complexity index is 751. The molecule has 2 aliphatic carbocycles. The fourth-order valence-electron chi connectivity index (χ4n) is 6.49. The second-order valence-electron chi connectivity index (χ2n) is 10.6. The predicted molar refractivity (Wildman–Crippen MR) is 132 cm³/mol. The number of aromatic nitrogens is 2. The maximum atomic E-state index is 13.2. The van der Waals surface area contributed by atoms with Crippen molar-refractivity contribution in [2.75, 3.05) is 24.6 Å². The fraction of sp³-hybridized carbons (Fsp3) is 0.815. The highest BCUT2D eigenvalue weighted by Gasteiger charge is 2.37. The number of ether oxygens (including phenoxy) is 1. The fourth-order valence-corrected chi connectivity index (χ4v) is 6.49. The Kier molecular flexibility index (Phi) is 8.85. The molecule has 6 heteroatoms. The monoisotopic (exact) mass is 456 g/mol. The molecule has 6 nitrogen and oxygen atoms in total. The van der Waals surface area contributed by atoms with Gasteiger partial charge in [-0.3, -0.25) is 4.79 Å². The Balaban J connectivity index is 1.27. The largest absolute Gasteiger partial charge is 0.478 e. The summed E-state index contributed by atoms with van der Waals surface area (Å²) in [7, 11) is 0. The summed E-state index contributed by atoms with van der Waals surface area (Å²) in [5.41, 5.74) is 0. The number of piperidine rings is 1. The molecule has 1 amide bonds. The van der Waals surface area contributed by atoms with Gasteiger partial charge >= 0.3 is 0 Å². The maximum absolute atomic E-state index is 13.2. The quantitative estimate of drug-likeness (QED) is 0.541. The molecule has 1 aromatic heterocycles. The van der Waals surface area contributed by atoms with E-state index in [-0.39, 0.29) is 5.92 Å². The number of anilines is 1. The SMILES string of the molecule is CCCC(CC1CCCCC1)C(=O)NC1CCC2CN(c3nccc(OCC)n3)CCC2C1. The number of nitrogens with zero attached hydrogens (tertiary/aromatic N) is 3. The number of hydrogen-bond donors (Lipinski definition) is 1. The Morgan fingerprint density at radius 1 is 1.15 bits per heavy atom. The molecule has 4 unspecified atom stereocenters. The Labute approximate surface area is 200 Å². The molecule has 1 aromatic rings. The van der Waals surface area contributed by atoms with E-state index in [1.165, 1.54) is 38.5 Å². The van der Waals surface area contributed by atoms with E-state index in [4.69, 9.17) is 4.74 Å². The zero-order valence-corrected chi connectivity index (χ0v) is 20.8. The summed E-state index contributed by atoms with van der Waals surface area (Å²) in [6, 6.07) is 2.18. The number of nitrogens with one attached hydrogen (secondary N) is 1. The first-order valence-electron chi connectivity index (χ1n) is 13.7. The molecular formula is C27H44N4O2. The molecule has 3 fully saturated rings. The van der Waals surface area contributed by atoms with E-state index in [1.54, 1.807) is 6.20 Å². The zero-order valence-electron chi connectivity index (χ0n) is 20.8. The lowest BCUT2D eigenvalue weighted by molar-refractivity contribution is -0.127. The van der Waals surface area contributed by atoms with Crippen LogP contribution in [0, 0.1) is 23.7 Å². The van der Waals surface area contributed by atoms with Crippen LogP contribution in [0.1, 0.15) is 90.9 Å². The molecule has 184 valence electrons. The van der Waals surface area contributed by atoms with Gasteiger partial charge in [-0.1, -0.05) is 45.4 Å². The molecule has 2 heterocycles. The number of amides is 1. The molecular weight excluding hydrogens is 412 g/mol. The summed E-state index contributed by atoms with van der Waals surface area (Å²) < 4.78 is 5.56. The minimum Gasteiger partial charge on any atom is -0.478 e. The summed E-state index contributed by atoms with van der Waals surface area (Å²) in [6.45, 7) is 6.81. The van der Waals surface area contributed by atoms with Crippen molar-refractivity contribution in [3.63, 3.8) is 0 Å². The third-order valence-corrected chi connectivity index (χ3v) is 8.25. The summed E-state index contributed by atoms with van der Waals surface area (Å²) in [6.07, 6.45) is 16.4. The van der Waals surface area contributed by atoms with Crippen LogP contribution in [0.2, 0.25) is 0 Å². The van der Waals surface area contributed by atoms with Crippen LogP contribution in [0.5, 0.6) is 5.88 Å². The second-order valence-corrected chi connectivity index (χ2v) is 10.6. The molecule has 0 aromatic carbocycles. The van der Waals surface area contributed by atoms with Crippen molar-refractivity contribution in [2.45, 2.75) is 96.9 Å². The van der Waals surface area contributed by atoms with E-state index in [0.29, 0.717) is 36.3 Å². The standard InChI is InChI=1S/C27H44N4O2/c1-3-8-22(17-20-9-6-5-7-10-20)26(32)29-24-12-11-23-19-31(16-14-21(23)18-24)27-28-15-13-25(30-27)33-4-2/h13,15,20-24H,3-12,14,16-19H2,1-2H3,(H,29,32). The lowest BCUT2D eigenvalue weighted by Gasteiger charge is -2.44. The molecule has 0 spiro atoms. The molecule has 0 radical (unpaired) electrons. The van der Waals surface area contributed by atoms with Crippen molar-refractivity contribution in [1.29, 1.82) is 0 Å². The summed E-state index contributed by atoms with van der Waals surface area (Å²) in [5.74, 6) is 4.13. The van der Waals surface area contributed by atoms with Gasteiger partial charge in [-0.05, 0) is 63.2 Å². The lowest BCUT2D eigenvalue weighted by atomic mass is 9.73. The Hall–Kier alpha value is -1.85. The topological polar surface area (TPSA) is 67.4 Å². The molecule has 3 aliphatic rings. The van der Waals surface area contributed by atoms with Crippen molar-refractivity contribution in [3.8, 4) is 5.88 Å². The van der Waals surface area contributed by atoms with Crippen LogP contribution in [0.15, 0.2) is 12.3 Å². The van der Waals surface area contributed by atoms with E-state index < -0.39 is 0 Å². The highest BCUT2D eigenvalue weighted by atomic mass is 16.5. The van der Waals surface area contributed by atoms with Crippen molar-refractivity contribution in [3.05, 3.63) is 12.3 Å². The van der Waals surface area contributed by atoms with Crippen LogP contribution in [0.4, 0.5) is 5.95 Å². The zero-order chi connectivity index (χ0) is 23.0. The summed E-state index contributed by atoms with van der Waals surface area (Å²) in [5, 5.41) is 3.50. The van der Waals surface area contributed by atoms with Gasteiger partial charge in [-0.15, -0.1) is 0 Å². The Morgan fingerprint density at radius 2 is 2.00 bits per heavy atom. The van der Waals surface area contributed by atoms with Gasteiger partial charge in [0.2, 0.25) is 17.7 Å². The second kappa shape index (κ2) is 12.0. The Morgan fingerprint density at radius 3 is 2.79 bits per heavy atom. The van der Waals surface area contributed by atoms with Gasteiger partial charge in [0, 0.05) is 37.3 Å². The highest BCUT2D eigenvalue weighted by molar-refractivity contribution is 5.79. The van der Waals surface area contributed by atoms with Crippen molar-refractivity contribution in [2.24, 2.45) is 23.7 Å². The number of hydrogen-bond acceptors (Lipinski definition) is 5. The van der Waals surface area contributed by atoms with Gasteiger partial charge in [0.05, 0.1) is 6.61 Å². The van der Waals surface area contributed by atoms with Gasteiger partial charge in [0.15, 0.2) is 0 Å². The number of fused-ring (bicyclic) bond motifs is 1. The minimum atomic E-state index is 0.215. The van der Waals surface area contributed by atoms with E-state index in [0.717, 1.165) is 63.5 Å². The first-order valence-corrected chi connectivity index (χ1v) is 13.7. The summed E-state index contributed by atoms with van der Waals surface area (Å²) in [4.78, 5) is 24.6. The summed E-state index contributed by atoms with van der Waals surface area (Å²) >= 11 is 0. The van der Waals surface area contributed by atoms with Gasteiger partial charge < -0.3 is 15.0 Å². The number of rotatable bonds is 9. The molecule has 1 N–H and O–H groups in total. The molecule has 4 atom stereocenters. The number of carbonyl (C=O) groups excluding carboxylic acids is 1. The normalized spacial score (nSPS) is 27.0. The molecule has 4 rings (SSSR count). The van der Waals surface area contributed by atoms with Crippen molar-refractivity contribution in [1.82, 2.24) is 15.3 Å². The molecule has 1 saturated heterocycles. The predicted octanol–water partition coefficient (Wildman–Crippen LogP) is 5.37. The minimum absolute atomic E-state index is 0.215. The van der Waals surface area contributed by atoms with Gasteiger partial charge in [0.1, 0.15) is 0 Å². The van der Waals surface area contributed by atoms with Crippen LogP contribution < -0.4 is 15.0 Å². The van der Waals surface area contributed by atoms with E-state index in [9.17, 15) is 4.79 Å². The van der Waals surface area contributed by atoms with E-state index in [2.05, 4.69) is 27.1 Å².